The number of carbonyl (C=O) groups is 1. The third-order valence-corrected chi connectivity index (χ3v) is 4.29. The van der Waals surface area contributed by atoms with Gasteiger partial charge in [0, 0.05) is 39.8 Å². The molecule has 0 aliphatic carbocycles. The predicted molar refractivity (Wildman–Crippen MR) is 82.8 cm³/mol. The van der Waals surface area contributed by atoms with E-state index in [1.807, 2.05) is 31.9 Å². The second-order valence-electron chi connectivity index (χ2n) is 5.86. The van der Waals surface area contributed by atoms with Crippen LogP contribution in [0.25, 0.3) is 0 Å². The summed E-state index contributed by atoms with van der Waals surface area (Å²) in [7, 11) is 1.82. The molecule has 23 heavy (non-hydrogen) atoms. The highest BCUT2D eigenvalue weighted by atomic mass is 16.6. The van der Waals surface area contributed by atoms with Gasteiger partial charge in [-0.05, 0) is 19.4 Å². The lowest BCUT2D eigenvalue weighted by Crippen LogP contribution is -2.48. The molecule has 1 saturated heterocycles. The zero-order chi connectivity index (χ0) is 16.4. The van der Waals surface area contributed by atoms with E-state index in [-0.39, 0.29) is 5.91 Å². The van der Waals surface area contributed by atoms with Gasteiger partial charge in [0.2, 0.25) is 0 Å². The first-order chi connectivity index (χ1) is 11.1. The van der Waals surface area contributed by atoms with Crippen LogP contribution in [0, 0.1) is 6.92 Å². The van der Waals surface area contributed by atoms with E-state index >= 15 is 0 Å². The Morgan fingerprint density at radius 1 is 1.26 bits per heavy atom. The largest absolute Gasteiger partial charge is 0.335 e. The van der Waals surface area contributed by atoms with E-state index in [1.165, 1.54) is 0 Å². The van der Waals surface area contributed by atoms with Crippen molar-refractivity contribution in [3.8, 4) is 0 Å². The van der Waals surface area contributed by atoms with Crippen molar-refractivity contribution in [3.05, 3.63) is 28.8 Å². The fourth-order valence-electron chi connectivity index (χ4n) is 2.78. The third kappa shape index (κ3) is 3.26. The molecule has 0 aromatic carbocycles. The predicted octanol–water partition coefficient (Wildman–Crippen LogP) is 0.632. The van der Waals surface area contributed by atoms with E-state index in [2.05, 4.69) is 20.3 Å². The minimum atomic E-state index is 0.0543. The molecule has 8 nitrogen and oxygen atoms in total. The van der Waals surface area contributed by atoms with Crippen LogP contribution >= 0.6 is 0 Å². The van der Waals surface area contributed by atoms with Gasteiger partial charge in [-0.15, -0.1) is 0 Å². The Morgan fingerprint density at radius 2 is 2.00 bits per heavy atom. The summed E-state index contributed by atoms with van der Waals surface area (Å²) in [5.74, 6) is 0.0543. The van der Waals surface area contributed by atoms with Crippen molar-refractivity contribution < 1.29 is 9.42 Å². The van der Waals surface area contributed by atoms with Crippen LogP contribution in [0.4, 0.5) is 0 Å². The Balaban J connectivity index is 1.59. The molecule has 8 heteroatoms. The van der Waals surface area contributed by atoms with Gasteiger partial charge >= 0.3 is 0 Å². The third-order valence-electron chi connectivity index (χ3n) is 4.29. The van der Waals surface area contributed by atoms with E-state index in [0.29, 0.717) is 25.3 Å². The number of carbonyl (C=O) groups excluding carboxylic acids is 1. The molecular formula is C15H22N6O2. The van der Waals surface area contributed by atoms with Gasteiger partial charge in [0.15, 0.2) is 0 Å². The minimum Gasteiger partial charge on any atom is -0.335 e. The summed E-state index contributed by atoms with van der Waals surface area (Å²) in [6, 6.07) is 1.89. The van der Waals surface area contributed by atoms with Crippen LogP contribution < -0.4 is 0 Å². The maximum atomic E-state index is 12.6. The second kappa shape index (κ2) is 6.49. The Labute approximate surface area is 135 Å². The number of aromatic nitrogens is 4. The Bertz CT molecular complexity index is 684. The summed E-state index contributed by atoms with van der Waals surface area (Å²) in [4.78, 5) is 16.8. The fourth-order valence-corrected chi connectivity index (χ4v) is 2.78. The normalized spacial score (nSPS) is 16.0. The van der Waals surface area contributed by atoms with Crippen LogP contribution in [0.1, 0.15) is 34.5 Å². The van der Waals surface area contributed by atoms with Gasteiger partial charge in [-0.3, -0.25) is 14.4 Å². The lowest BCUT2D eigenvalue weighted by Gasteiger charge is -2.34. The highest BCUT2D eigenvalue weighted by Crippen LogP contribution is 2.13. The fraction of sp³-hybridized carbons (Fsp3) is 0.600. The molecule has 3 heterocycles. The zero-order valence-corrected chi connectivity index (χ0v) is 13.8. The molecule has 1 fully saturated rings. The summed E-state index contributed by atoms with van der Waals surface area (Å²) in [6.45, 7) is 7.68. The molecule has 0 unspecified atom stereocenters. The molecule has 2 aromatic heterocycles. The minimum absolute atomic E-state index is 0.0543. The molecule has 0 spiro atoms. The topological polar surface area (TPSA) is 80.3 Å². The number of hydrogen-bond donors (Lipinski definition) is 0. The standard InChI is InChI=1S/C15H22N6O2/c1-4-12-9-14(19(3)16-12)15(22)21-7-5-20(6-8-21)10-13-11(2)17-23-18-13/h9H,4-8,10H2,1-3H3. The Morgan fingerprint density at radius 3 is 2.57 bits per heavy atom. The van der Waals surface area contributed by atoms with E-state index < -0.39 is 0 Å². The number of piperazine rings is 1. The summed E-state index contributed by atoms with van der Waals surface area (Å²) in [5, 5.41) is 12.1. The smallest absolute Gasteiger partial charge is 0.272 e. The Hall–Kier alpha value is -2.22. The SMILES string of the molecule is CCc1cc(C(=O)N2CCN(Cc3nonc3C)CC2)n(C)n1. The van der Waals surface area contributed by atoms with Crippen molar-refractivity contribution in [3.63, 3.8) is 0 Å². The molecule has 124 valence electrons. The number of hydrogen-bond acceptors (Lipinski definition) is 6. The van der Waals surface area contributed by atoms with E-state index in [9.17, 15) is 4.79 Å². The monoisotopic (exact) mass is 318 g/mol. The van der Waals surface area contributed by atoms with Gasteiger partial charge in [0.05, 0.1) is 5.69 Å². The summed E-state index contributed by atoms with van der Waals surface area (Å²) < 4.78 is 6.41. The number of rotatable bonds is 4. The quantitative estimate of drug-likeness (QED) is 0.822. The van der Waals surface area contributed by atoms with Crippen molar-refractivity contribution in [1.82, 2.24) is 29.9 Å². The van der Waals surface area contributed by atoms with Gasteiger partial charge < -0.3 is 4.90 Å². The lowest BCUT2D eigenvalue weighted by molar-refractivity contribution is 0.0614. The van der Waals surface area contributed by atoms with E-state index in [1.54, 1.807) is 4.68 Å². The number of amides is 1. The van der Waals surface area contributed by atoms with Gasteiger partial charge in [-0.2, -0.15) is 5.10 Å². The van der Waals surface area contributed by atoms with Crippen molar-refractivity contribution in [2.45, 2.75) is 26.8 Å². The average molecular weight is 318 g/mol. The molecule has 0 N–H and O–H groups in total. The van der Waals surface area contributed by atoms with Crippen LogP contribution in [-0.4, -0.2) is 62.0 Å². The first kappa shape index (κ1) is 15.7. The average Bonchev–Trinajstić information content (AvgIpc) is 3.13. The second-order valence-corrected chi connectivity index (χ2v) is 5.86. The molecule has 1 amide bonds. The van der Waals surface area contributed by atoms with Crippen LogP contribution in [0.15, 0.2) is 10.7 Å². The summed E-state index contributed by atoms with van der Waals surface area (Å²) in [5.41, 5.74) is 3.30. The summed E-state index contributed by atoms with van der Waals surface area (Å²) >= 11 is 0. The van der Waals surface area contributed by atoms with Crippen molar-refractivity contribution >= 4 is 5.91 Å². The molecule has 0 atom stereocenters. The molecular weight excluding hydrogens is 296 g/mol. The highest BCUT2D eigenvalue weighted by molar-refractivity contribution is 5.92. The van der Waals surface area contributed by atoms with Crippen molar-refractivity contribution in [1.29, 1.82) is 0 Å². The van der Waals surface area contributed by atoms with Crippen LogP contribution in [-0.2, 0) is 20.0 Å². The van der Waals surface area contributed by atoms with Gasteiger partial charge in [0.25, 0.3) is 5.91 Å². The van der Waals surface area contributed by atoms with Gasteiger partial charge in [0.1, 0.15) is 17.1 Å². The molecule has 3 rings (SSSR count). The van der Waals surface area contributed by atoms with Gasteiger partial charge in [-0.25, -0.2) is 4.63 Å². The molecule has 1 aliphatic rings. The van der Waals surface area contributed by atoms with Crippen molar-refractivity contribution in [2.24, 2.45) is 7.05 Å². The number of aryl methyl sites for hydroxylation is 3. The molecule has 0 radical (unpaired) electrons. The van der Waals surface area contributed by atoms with E-state index in [4.69, 9.17) is 4.63 Å². The maximum Gasteiger partial charge on any atom is 0.272 e. The molecule has 2 aromatic rings. The van der Waals surface area contributed by atoms with E-state index in [0.717, 1.165) is 36.6 Å². The molecule has 1 aliphatic heterocycles. The highest BCUT2D eigenvalue weighted by Gasteiger charge is 2.25. The van der Waals surface area contributed by atoms with Crippen LogP contribution in [0.5, 0.6) is 0 Å². The van der Waals surface area contributed by atoms with Gasteiger partial charge in [-0.1, -0.05) is 17.2 Å². The first-order valence-electron chi connectivity index (χ1n) is 7.91. The molecule has 0 saturated carbocycles. The van der Waals surface area contributed by atoms with Crippen LogP contribution in [0.3, 0.4) is 0 Å². The van der Waals surface area contributed by atoms with Crippen LogP contribution in [0.2, 0.25) is 0 Å². The number of nitrogens with zero attached hydrogens (tertiary/aromatic N) is 6. The zero-order valence-electron chi connectivity index (χ0n) is 13.8. The molecule has 0 bridgehead atoms. The maximum absolute atomic E-state index is 12.6. The first-order valence-corrected chi connectivity index (χ1v) is 7.91. The van der Waals surface area contributed by atoms with Crippen molar-refractivity contribution in [2.75, 3.05) is 26.2 Å². The summed E-state index contributed by atoms with van der Waals surface area (Å²) in [6.07, 6.45) is 0.833. The lowest BCUT2D eigenvalue weighted by atomic mass is 10.2. The Kier molecular flexibility index (Phi) is 4.42.